The molecule has 2 heteroatoms. The van der Waals surface area contributed by atoms with E-state index in [9.17, 15) is 4.39 Å². The van der Waals surface area contributed by atoms with Crippen LogP contribution in [-0.4, -0.2) is 0 Å². The number of rotatable bonds is 3. The minimum absolute atomic E-state index is 0.273. The summed E-state index contributed by atoms with van der Waals surface area (Å²) in [5.74, 6) is -0.273. The highest BCUT2D eigenvalue weighted by Crippen LogP contribution is 2.20. The van der Waals surface area contributed by atoms with Gasteiger partial charge in [-0.05, 0) is 18.1 Å². The summed E-state index contributed by atoms with van der Waals surface area (Å²) < 4.78 is 13.1. The Labute approximate surface area is 77.1 Å². The topological polar surface area (TPSA) is 23.8 Å². The first-order valence-corrected chi connectivity index (χ1v) is 4.05. The molecular formula is C11H10FN. The van der Waals surface area contributed by atoms with Gasteiger partial charge in [0.05, 0.1) is 6.07 Å². The van der Waals surface area contributed by atoms with Crippen molar-refractivity contribution in [3.63, 3.8) is 0 Å². The maximum absolute atomic E-state index is 13.1. The number of nitriles is 1. The average molecular weight is 175 g/mol. The summed E-state index contributed by atoms with van der Waals surface area (Å²) in [5, 5.41) is 8.35. The molecule has 1 aromatic rings. The number of hydrogen-bond acceptors (Lipinski definition) is 1. The Morgan fingerprint density at radius 2 is 2.15 bits per heavy atom. The first-order chi connectivity index (χ1) is 6.25. The second kappa shape index (κ2) is 4.42. The minimum atomic E-state index is -0.273. The van der Waals surface area contributed by atoms with Crippen molar-refractivity contribution in [2.75, 3.05) is 0 Å². The number of benzene rings is 1. The second-order valence-corrected chi connectivity index (χ2v) is 2.74. The van der Waals surface area contributed by atoms with E-state index < -0.39 is 0 Å². The molecule has 0 unspecified atom stereocenters. The lowest BCUT2D eigenvalue weighted by Gasteiger charge is -2.03. The molecular weight excluding hydrogens is 165 g/mol. The summed E-state index contributed by atoms with van der Waals surface area (Å²) in [6.07, 6.45) is 0.907. The van der Waals surface area contributed by atoms with Gasteiger partial charge in [-0.3, -0.25) is 0 Å². The van der Waals surface area contributed by atoms with Gasteiger partial charge in [-0.1, -0.05) is 24.8 Å². The van der Waals surface area contributed by atoms with Gasteiger partial charge in [0.25, 0.3) is 0 Å². The van der Waals surface area contributed by atoms with Crippen molar-refractivity contribution in [2.24, 2.45) is 0 Å². The smallest absolute Gasteiger partial charge is 0.130 e. The van der Waals surface area contributed by atoms with E-state index in [-0.39, 0.29) is 5.82 Å². The monoisotopic (exact) mass is 175 g/mol. The number of nitrogens with zero attached hydrogens (tertiary/aromatic N) is 1. The molecule has 13 heavy (non-hydrogen) atoms. The standard InChI is InChI=1S/C11H10FN/c1-9(5-4-8-13)10-6-2-3-7-11(10)12/h2-3,6-7H,1,4-5H2. The van der Waals surface area contributed by atoms with E-state index >= 15 is 0 Å². The molecule has 0 aromatic heterocycles. The average Bonchev–Trinajstić information content (AvgIpc) is 2.15. The van der Waals surface area contributed by atoms with Gasteiger partial charge in [0, 0.05) is 12.0 Å². The van der Waals surface area contributed by atoms with Gasteiger partial charge in [0.1, 0.15) is 5.82 Å². The number of allylic oxidation sites excluding steroid dienone is 1. The lowest BCUT2D eigenvalue weighted by molar-refractivity contribution is 0.623. The van der Waals surface area contributed by atoms with Gasteiger partial charge in [0.15, 0.2) is 0 Å². The van der Waals surface area contributed by atoms with Crippen LogP contribution < -0.4 is 0 Å². The van der Waals surface area contributed by atoms with E-state index in [0.717, 1.165) is 0 Å². The van der Waals surface area contributed by atoms with Gasteiger partial charge in [-0.15, -0.1) is 0 Å². The van der Waals surface area contributed by atoms with Crippen LogP contribution >= 0.6 is 0 Å². The first-order valence-electron chi connectivity index (χ1n) is 4.05. The molecule has 66 valence electrons. The number of hydrogen-bond donors (Lipinski definition) is 0. The molecule has 1 aromatic carbocycles. The number of halogens is 1. The quantitative estimate of drug-likeness (QED) is 0.692. The summed E-state index contributed by atoms with van der Waals surface area (Å²) in [6.45, 7) is 3.73. The van der Waals surface area contributed by atoms with Crippen LogP contribution in [0.15, 0.2) is 30.8 Å². The normalized spacial score (nSPS) is 9.23. The van der Waals surface area contributed by atoms with Crippen molar-refractivity contribution in [3.8, 4) is 6.07 Å². The van der Waals surface area contributed by atoms with Crippen LogP contribution in [0.25, 0.3) is 5.57 Å². The van der Waals surface area contributed by atoms with Gasteiger partial charge in [-0.25, -0.2) is 4.39 Å². The van der Waals surface area contributed by atoms with E-state index in [1.165, 1.54) is 6.07 Å². The lowest BCUT2D eigenvalue weighted by Crippen LogP contribution is -1.87. The van der Waals surface area contributed by atoms with Crippen molar-refractivity contribution in [2.45, 2.75) is 12.8 Å². The fourth-order valence-corrected chi connectivity index (χ4v) is 1.09. The van der Waals surface area contributed by atoms with E-state index in [1.807, 2.05) is 6.07 Å². The Morgan fingerprint density at radius 1 is 1.46 bits per heavy atom. The first kappa shape index (κ1) is 9.47. The molecule has 0 amide bonds. The SMILES string of the molecule is C=C(CCC#N)c1ccccc1F. The van der Waals surface area contributed by atoms with Crippen molar-refractivity contribution in [3.05, 3.63) is 42.2 Å². The third-order valence-corrected chi connectivity index (χ3v) is 1.79. The van der Waals surface area contributed by atoms with Crippen LogP contribution in [0.5, 0.6) is 0 Å². The van der Waals surface area contributed by atoms with E-state index in [1.54, 1.807) is 18.2 Å². The summed E-state index contributed by atoms with van der Waals surface area (Å²) in [5.41, 5.74) is 1.19. The Hall–Kier alpha value is -1.62. The van der Waals surface area contributed by atoms with Crippen LogP contribution in [0.3, 0.4) is 0 Å². The molecule has 0 heterocycles. The Kier molecular flexibility index (Phi) is 3.22. The van der Waals surface area contributed by atoms with Crippen molar-refractivity contribution < 1.29 is 4.39 Å². The van der Waals surface area contributed by atoms with Gasteiger partial charge >= 0.3 is 0 Å². The summed E-state index contributed by atoms with van der Waals surface area (Å²) in [6, 6.07) is 8.47. The summed E-state index contributed by atoms with van der Waals surface area (Å²) in [7, 11) is 0. The maximum Gasteiger partial charge on any atom is 0.130 e. The highest BCUT2D eigenvalue weighted by Gasteiger charge is 2.03. The van der Waals surface area contributed by atoms with Gasteiger partial charge < -0.3 is 0 Å². The maximum atomic E-state index is 13.1. The molecule has 0 atom stereocenters. The van der Waals surface area contributed by atoms with Crippen LogP contribution in [-0.2, 0) is 0 Å². The van der Waals surface area contributed by atoms with Crippen molar-refractivity contribution in [1.82, 2.24) is 0 Å². The molecule has 0 aliphatic rings. The molecule has 0 spiro atoms. The zero-order valence-corrected chi connectivity index (χ0v) is 7.26. The van der Waals surface area contributed by atoms with Crippen LogP contribution in [0.4, 0.5) is 4.39 Å². The zero-order valence-electron chi connectivity index (χ0n) is 7.26. The minimum Gasteiger partial charge on any atom is -0.206 e. The predicted molar refractivity (Wildman–Crippen MR) is 50.3 cm³/mol. The van der Waals surface area contributed by atoms with Crippen molar-refractivity contribution >= 4 is 5.57 Å². The molecule has 0 saturated heterocycles. The second-order valence-electron chi connectivity index (χ2n) is 2.74. The van der Waals surface area contributed by atoms with Crippen LogP contribution in [0.1, 0.15) is 18.4 Å². The Balaban J connectivity index is 2.78. The highest BCUT2D eigenvalue weighted by molar-refractivity contribution is 5.63. The Bertz CT molecular complexity index is 349. The van der Waals surface area contributed by atoms with Crippen molar-refractivity contribution in [1.29, 1.82) is 5.26 Å². The highest BCUT2D eigenvalue weighted by atomic mass is 19.1. The molecule has 1 rings (SSSR count). The van der Waals surface area contributed by atoms with E-state index in [4.69, 9.17) is 5.26 Å². The molecule has 0 saturated carbocycles. The molecule has 0 fully saturated rings. The molecule has 0 bridgehead atoms. The molecule has 1 nitrogen and oxygen atoms in total. The molecule has 0 radical (unpaired) electrons. The zero-order chi connectivity index (χ0) is 9.68. The molecule has 0 aliphatic heterocycles. The Morgan fingerprint density at radius 3 is 2.77 bits per heavy atom. The van der Waals surface area contributed by atoms with Crippen LogP contribution in [0, 0.1) is 17.1 Å². The van der Waals surface area contributed by atoms with E-state index in [0.29, 0.717) is 24.0 Å². The van der Waals surface area contributed by atoms with Crippen LogP contribution in [0.2, 0.25) is 0 Å². The summed E-state index contributed by atoms with van der Waals surface area (Å²) >= 11 is 0. The molecule has 0 aliphatic carbocycles. The fraction of sp³-hybridized carbons (Fsp3) is 0.182. The molecule has 0 N–H and O–H groups in total. The largest absolute Gasteiger partial charge is 0.206 e. The predicted octanol–water partition coefficient (Wildman–Crippen LogP) is 3.14. The fourth-order valence-electron chi connectivity index (χ4n) is 1.09. The summed E-state index contributed by atoms with van der Waals surface area (Å²) in [4.78, 5) is 0. The third-order valence-electron chi connectivity index (χ3n) is 1.79. The third kappa shape index (κ3) is 2.41. The lowest BCUT2D eigenvalue weighted by atomic mass is 10.0. The van der Waals surface area contributed by atoms with Gasteiger partial charge in [-0.2, -0.15) is 5.26 Å². The van der Waals surface area contributed by atoms with Gasteiger partial charge in [0.2, 0.25) is 0 Å². The van der Waals surface area contributed by atoms with E-state index in [2.05, 4.69) is 6.58 Å².